The van der Waals surface area contributed by atoms with Gasteiger partial charge in [0.2, 0.25) is 0 Å². The number of carbonyl (C=O) groups excluding carboxylic acids is 1. The number of nitrogens with zero attached hydrogens (tertiary/aromatic N) is 2. The molecule has 4 nitrogen and oxygen atoms in total. The molecule has 25 heavy (non-hydrogen) atoms. The highest BCUT2D eigenvalue weighted by atomic mass is 16.1. The summed E-state index contributed by atoms with van der Waals surface area (Å²) in [5, 5.41) is 3.13. The van der Waals surface area contributed by atoms with Crippen LogP contribution in [0.2, 0.25) is 0 Å². The summed E-state index contributed by atoms with van der Waals surface area (Å²) in [6, 6.07) is 16.1. The van der Waals surface area contributed by atoms with Crippen LogP contribution in [0.3, 0.4) is 0 Å². The van der Waals surface area contributed by atoms with Gasteiger partial charge in [0.05, 0.1) is 12.4 Å². The number of rotatable bonds is 6. The lowest BCUT2D eigenvalue weighted by Crippen LogP contribution is -2.28. The van der Waals surface area contributed by atoms with Crippen molar-refractivity contribution in [3.63, 3.8) is 0 Å². The molecule has 3 aromatic rings. The molecule has 1 N–H and O–H groups in total. The Morgan fingerprint density at radius 1 is 1.12 bits per heavy atom. The van der Waals surface area contributed by atoms with Crippen LogP contribution in [-0.2, 0) is 6.54 Å². The first-order valence-electron chi connectivity index (χ1n) is 8.58. The lowest BCUT2D eigenvalue weighted by atomic mass is 10.0. The Bertz CT molecular complexity index is 805. The minimum atomic E-state index is -0.0402. The normalized spacial score (nSPS) is 11.9. The number of amides is 1. The first-order chi connectivity index (χ1) is 12.2. The van der Waals surface area contributed by atoms with Crippen molar-refractivity contribution in [1.29, 1.82) is 0 Å². The molecule has 1 aromatic heterocycles. The van der Waals surface area contributed by atoms with Crippen LogP contribution in [0.4, 0.5) is 0 Å². The molecule has 128 valence electrons. The smallest absolute Gasteiger partial charge is 0.251 e. The van der Waals surface area contributed by atoms with Gasteiger partial charge in [-0.15, -0.1) is 0 Å². The average molecular weight is 333 g/mol. The van der Waals surface area contributed by atoms with E-state index in [1.54, 1.807) is 12.5 Å². The molecule has 0 saturated carbocycles. The second-order valence-electron chi connectivity index (χ2n) is 6.28. The molecule has 1 heterocycles. The van der Waals surface area contributed by atoms with Gasteiger partial charge in [0, 0.05) is 24.5 Å². The number of nitrogens with one attached hydrogen (secondary N) is 1. The standard InChI is InChI=1S/C21H23N3O/c1-3-20(18-8-4-16(2)5-9-18)23-21(25)19-10-6-17(7-11-19)14-24-13-12-22-15-24/h4-13,15,20H,3,14H2,1-2H3,(H,23,25)/t20-/m1/s1. The summed E-state index contributed by atoms with van der Waals surface area (Å²) in [4.78, 5) is 16.6. The van der Waals surface area contributed by atoms with E-state index in [-0.39, 0.29) is 11.9 Å². The maximum Gasteiger partial charge on any atom is 0.251 e. The van der Waals surface area contributed by atoms with E-state index >= 15 is 0 Å². The molecule has 1 amide bonds. The minimum Gasteiger partial charge on any atom is -0.345 e. The molecule has 0 aliphatic rings. The van der Waals surface area contributed by atoms with E-state index in [1.165, 1.54) is 5.56 Å². The van der Waals surface area contributed by atoms with Crippen LogP contribution in [0.25, 0.3) is 0 Å². The number of imidazole rings is 1. The largest absolute Gasteiger partial charge is 0.345 e. The van der Waals surface area contributed by atoms with Crippen molar-refractivity contribution in [2.24, 2.45) is 0 Å². The minimum absolute atomic E-state index is 0.0266. The Morgan fingerprint density at radius 3 is 2.44 bits per heavy atom. The second-order valence-corrected chi connectivity index (χ2v) is 6.28. The van der Waals surface area contributed by atoms with E-state index < -0.39 is 0 Å². The van der Waals surface area contributed by atoms with Crippen molar-refractivity contribution in [3.8, 4) is 0 Å². The zero-order valence-electron chi connectivity index (χ0n) is 14.6. The molecule has 3 rings (SSSR count). The number of carbonyl (C=O) groups is 1. The highest BCUT2D eigenvalue weighted by Gasteiger charge is 2.14. The predicted molar refractivity (Wildman–Crippen MR) is 99.4 cm³/mol. The maximum atomic E-state index is 12.6. The first-order valence-corrected chi connectivity index (χ1v) is 8.58. The highest BCUT2D eigenvalue weighted by Crippen LogP contribution is 2.18. The van der Waals surface area contributed by atoms with Gasteiger partial charge in [-0.05, 0) is 36.6 Å². The summed E-state index contributed by atoms with van der Waals surface area (Å²) in [5.74, 6) is -0.0402. The number of hydrogen-bond acceptors (Lipinski definition) is 2. The van der Waals surface area contributed by atoms with Gasteiger partial charge in [0.15, 0.2) is 0 Å². The second kappa shape index (κ2) is 7.79. The number of benzene rings is 2. The van der Waals surface area contributed by atoms with E-state index in [0.29, 0.717) is 5.56 Å². The maximum absolute atomic E-state index is 12.6. The monoisotopic (exact) mass is 333 g/mol. The molecule has 0 radical (unpaired) electrons. The third-order valence-corrected chi connectivity index (χ3v) is 4.33. The lowest BCUT2D eigenvalue weighted by molar-refractivity contribution is 0.0935. The van der Waals surface area contributed by atoms with Crippen molar-refractivity contribution >= 4 is 5.91 Å². The molecule has 0 fully saturated rings. The fourth-order valence-electron chi connectivity index (χ4n) is 2.81. The fraction of sp³-hybridized carbons (Fsp3) is 0.238. The van der Waals surface area contributed by atoms with Crippen LogP contribution < -0.4 is 5.32 Å². The summed E-state index contributed by atoms with van der Waals surface area (Å²) in [7, 11) is 0. The van der Waals surface area contributed by atoms with Gasteiger partial charge < -0.3 is 9.88 Å². The average Bonchev–Trinajstić information content (AvgIpc) is 3.14. The molecular formula is C21H23N3O. The van der Waals surface area contributed by atoms with Crippen LogP contribution in [-0.4, -0.2) is 15.5 Å². The predicted octanol–water partition coefficient (Wildman–Crippen LogP) is 4.12. The third kappa shape index (κ3) is 4.35. The van der Waals surface area contributed by atoms with E-state index in [9.17, 15) is 4.79 Å². The van der Waals surface area contributed by atoms with Crippen LogP contribution in [0.15, 0.2) is 67.3 Å². The molecule has 0 spiro atoms. The van der Waals surface area contributed by atoms with Crippen molar-refractivity contribution < 1.29 is 4.79 Å². The zero-order valence-corrected chi connectivity index (χ0v) is 14.6. The Labute approximate surface area is 148 Å². The Balaban J connectivity index is 1.66. The molecule has 0 saturated heterocycles. The van der Waals surface area contributed by atoms with Crippen LogP contribution >= 0.6 is 0 Å². The van der Waals surface area contributed by atoms with Gasteiger partial charge in [-0.3, -0.25) is 4.79 Å². The van der Waals surface area contributed by atoms with Crippen LogP contribution in [0, 0.1) is 6.92 Å². The Hall–Kier alpha value is -2.88. The molecule has 1 atom stereocenters. The number of aromatic nitrogens is 2. The van der Waals surface area contributed by atoms with E-state index in [2.05, 4.69) is 48.4 Å². The summed E-state index contributed by atoms with van der Waals surface area (Å²) in [5.41, 5.74) is 4.18. The molecule has 2 aromatic carbocycles. The molecular weight excluding hydrogens is 310 g/mol. The van der Waals surface area contributed by atoms with Crippen LogP contribution in [0.5, 0.6) is 0 Å². The van der Waals surface area contributed by atoms with Crippen LogP contribution in [0.1, 0.15) is 46.4 Å². The van der Waals surface area contributed by atoms with Crippen molar-refractivity contribution in [2.45, 2.75) is 32.9 Å². The molecule has 4 heteroatoms. The Kier molecular flexibility index (Phi) is 5.29. The summed E-state index contributed by atoms with van der Waals surface area (Å²) >= 11 is 0. The Morgan fingerprint density at radius 2 is 1.84 bits per heavy atom. The van der Waals surface area contributed by atoms with Crippen molar-refractivity contribution in [2.75, 3.05) is 0 Å². The summed E-state index contributed by atoms with van der Waals surface area (Å²) in [6.45, 7) is 4.90. The van der Waals surface area contributed by atoms with Gasteiger partial charge in [0.1, 0.15) is 0 Å². The first kappa shape index (κ1) is 17.0. The zero-order chi connectivity index (χ0) is 17.6. The fourth-order valence-corrected chi connectivity index (χ4v) is 2.81. The lowest BCUT2D eigenvalue weighted by Gasteiger charge is -2.18. The molecule has 0 aliphatic heterocycles. The van der Waals surface area contributed by atoms with Gasteiger partial charge in [0.25, 0.3) is 5.91 Å². The quantitative estimate of drug-likeness (QED) is 0.737. The number of hydrogen-bond donors (Lipinski definition) is 1. The summed E-state index contributed by atoms with van der Waals surface area (Å²) in [6.07, 6.45) is 6.33. The van der Waals surface area contributed by atoms with Gasteiger partial charge in [-0.2, -0.15) is 0 Å². The number of aryl methyl sites for hydroxylation is 1. The van der Waals surface area contributed by atoms with E-state index in [1.807, 2.05) is 35.0 Å². The topological polar surface area (TPSA) is 46.9 Å². The molecule has 0 aliphatic carbocycles. The SMILES string of the molecule is CC[C@@H](NC(=O)c1ccc(Cn2ccnc2)cc1)c1ccc(C)cc1. The van der Waals surface area contributed by atoms with Gasteiger partial charge in [-0.1, -0.05) is 48.9 Å². The van der Waals surface area contributed by atoms with Crippen molar-refractivity contribution in [3.05, 3.63) is 89.5 Å². The van der Waals surface area contributed by atoms with Gasteiger partial charge in [-0.25, -0.2) is 4.98 Å². The highest BCUT2D eigenvalue weighted by molar-refractivity contribution is 5.94. The third-order valence-electron chi connectivity index (χ3n) is 4.33. The molecule has 0 unspecified atom stereocenters. The van der Waals surface area contributed by atoms with Crippen molar-refractivity contribution in [1.82, 2.24) is 14.9 Å². The summed E-state index contributed by atoms with van der Waals surface area (Å²) < 4.78 is 2.00. The van der Waals surface area contributed by atoms with E-state index in [0.717, 1.165) is 24.1 Å². The van der Waals surface area contributed by atoms with Gasteiger partial charge >= 0.3 is 0 Å². The van der Waals surface area contributed by atoms with E-state index in [4.69, 9.17) is 0 Å². The molecule has 0 bridgehead atoms.